The lowest BCUT2D eigenvalue weighted by Crippen LogP contribution is -2.40. The third-order valence-electron chi connectivity index (χ3n) is 7.51. The van der Waals surface area contributed by atoms with Crippen LogP contribution >= 0.6 is 0 Å². The van der Waals surface area contributed by atoms with Crippen LogP contribution in [0.4, 0.5) is 19.0 Å². The van der Waals surface area contributed by atoms with E-state index in [1.165, 1.54) is 24.1 Å². The number of nitrogens with zero attached hydrogens (tertiary/aromatic N) is 5. The van der Waals surface area contributed by atoms with Crippen molar-refractivity contribution in [2.24, 2.45) is 10.9 Å². The summed E-state index contributed by atoms with van der Waals surface area (Å²) in [5.74, 6) is 7.11. The first-order chi connectivity index (χ1) is 19.6. The van der Waals surface area contributed by atoms with Crippen molar-refractivity contribution in [1.29, 1.82) is 0 Å². The van der Waals surface area contributed by atoms with Crippen molar-refractivity contribution < 1.29 is 21.6 Å². The molecule has 2 aliphatic heterocycles. The number of benzene rings is 1. The standard InChI is InChI=1S/C29H29F3N6O2S/c30-29(31,32)9-10-33-27-28-35-18-26(22-7-3-20(4-8-22)23-16-25(34-17-23)21-5-6-21)38(28)19-24(36-27)2-1-11-37-12-14-41(39,40)15-13-37/h3-4,7-8,17-19,21H,5-6,9-16H2,(H,33,36). The summed E-state index contributed by atoms with van der Waals surface area (Å²) in [5, 5.41) is 2.78. The highest BCUT2D eigenvalue weighted by molar-refractivity contribution is 7.91. The van der Waals surface area contributed by atoms with Crippen molar-refractivity contribution >= 4 is 32.6 Å². The van der Waals surface area contributed by atoms with Crippen LogP contribution in [0.5, 0.6) is 0 Å². The fraction of sp³-hybridized carbons (Fsp3) is 0.414. The van der Waals surface area contributed by atoms with Gasteiger partial charge in [-0.05, 0) is 35.8 Å². The smallest absolute Gasteiger partial charge is 0.367 e. The molecule has 1 aliphatic carbocycles. The highest BCUT2D eigenvalue weighted by Gasteiger charge is 2.30. The number of hydrogen-bond donors (Lipinski definition) is 1. The summed E-state index contributed by atoms with van der Waals surface area (Å²) < 4.78 is 63.6. The lowest BCUT2D eigenvalue weighted by molar-refractivity contribution is -0.131. The summed E-state index contributed by atoms with van der Waals surface area (Å²) >= 11 is 0. The zero-order chi connectivity index (χ0) is 28.6. The van der Waals surface area contributed by atoms with Crippen molar-refractivity contribution in [3.63, 3.8) is 0 Å². The summed E-state index contributed by atoms with van der Waals surface area (Å²) in [5.41, 5.74) is 5.99. The first-order valence-corrected chi connectivity index (χ1v) is 15.4. The van der Waals surface area contributed by atoms with Gasteiger partial charge in [-0.15, -0.1) is 0 Å². The Labute approximate surface area is 236 Å². The molecule has 0 unspecified atom stereocenters. The molecule has 2 aromatic heterocycles. The molecule has 1 saturated carbocycles. The Hall–Kier alpha value is -3.69. The van der Waals surface area contributed by atoms with Gasteiger partial charge in [0.25, 0.3) is 0 Å². The zero-order valence-corrected chi connectivity index (χ0v) is 23.1. The summed E-state index contributed by atoms with van der Waals surface area (Å²) in [6.45, 7) is 0.856. The molecule has 1 aromatic carbocycles. The Morgan fingerprint density at radius 2 is 1.80 bits per heavy atom. The van der Waals surface area contributed by atoms with E-state index in [1.807, 2.05) is 23.2 Å². The highest BCUT2D eigenvalue weighted by Crippen LogP contribution is 2.37. The van der Waals surface area contributed by atoms with Crippen molar-refractivity contribution in [2.75, 3.05) is 43.0 Å². The molecular formula is C29H29F3N6O2S. The molecule has 3 aromatic rings. The van der Waals surface area contributed by atoms with E-state index in [-0.39, 0.29) is 23.9 Å². The van der Waals surface area contributed by atoms with Crippen molar-refractivity contribution in [2.45, 2.75) is 31.9 Å². The molecule has 41 heavy (non-hydrogen) atoms. The van der Waals surface area contributed by atoms with Gasteiger partial charge in [-0.1, -0.05) is 30.2 Å². The van der Waals surface area contributed by atoms with Crippen LogP contribution < -0.4 is 5.32 Å². The zero-order valence-electron chi connectivity index (χ0n) is 22.3. The molecule has 3 aliphatic rings. The average molecular weight is 583 g/mol. The Kier molecular flexibility index (Phi) is 7.34. The van der Waals surface area contributed by atoms with Crippen molar-refractivity contribution in [3.8, 4) is 23.1 Å². The van der Waals surface area contributed by atoms with Crippen LogP contribution in [0.2, 0.25) is 0 Å². The molecule has 8 nitrogen and oxygen atoms in total. The van der Waals surface area contributed by atoms with E-state index in [4.69, 9.17) is 0 Å². The molecular weight excluding hydrogens is 553 g/mol. The van der Waals surface area contributed by atoms with Crippen LogP contribution in [-0.4, -0.2) is 77.3 Å². The topological polar surface area (TPSA) is 92.0 Å². The molecule has 0 spiro atoms. The van der Waals surface area contributed by atoms with E-state index < -0.39 is 22.4 Å². The number of anilines is 1. The fourth-order valence-corrected chi connectivity index (χ4v) is 6.28. The van der Waals surface area contributed by atoms with Gasteiger partial charge in [-0.3, -0.25) is 14.3 Å². The SMILES string of the molecule is O=S1(=O)CCN(CC#Cc2cn3c(-c4ccc(C5=CN=C(C6CC6)C5)cc4)cnc3c(NCCC(F)(F)F)n2)CC1. The molecule has 12 heteroatoms. The van der Waals surface area contributed by atoms with Gasteiger partial charge in [0, 0.05) is 49.7 Å². The van der Waals surface area contributed by atoms with E-state index in [1.54, 1.807) is 16.8 Å². The number of aromatic nitrogens is 3. The Bertz CT molecular complexity index is 1680. The summed E-state index contributed by atoms with van der Waals surface area (Å²) in [4.78, 5) is 15.5. The minimum absolute atomic E-state index is 0.106. The maximum atomic E-state index is 12.8. The number of halogens is 3. The molecule has 0 atom stereocenters. The van der Waals surface area contributed by atoms with Crippen LogP contribution in [0.1, 0.15) is 36.9 Å². The van der Waals surface area contributed by atoms with E-state index in [9.17, 15) is 21.6 Å². The van der Waals surface area contributed by atoms with Gasteiger partial charge in [-0.25, -0.2) is 18.4 Å². The number of aliphatic imine (C=N–C) groups is 1. The number of nitrogens with one attached hydrogen (secondary N) is 1. The van der Waals surface area contributed by atoms with Crippen LogP contribution in [0, 0.1) is 17.8 Å². The first-order valence-electron chi connectivity index (χ1n) is 13.6. The normalized spacial score (nSPS) is 19.0. The molecule has 2 fully saturated rings. The predicted octanol–water partition coefficient (Wildman–Crippen LogP) is 4.44. The molecule has 6 rings (SSSR count). The summed E-state index contributed by atoms with van der Waals surface area (Å²) in [7, 11) is -2.99. The minimum atomic E-state index is -4.30. The lowest BCUT2D eigenvalue weighted by atomic mass is 9.99. The van der Waals surface area contributed by atoms with Crippen LogP contribution in [-0.2, 0) is 9.84 Å². The minimum Gasteiger partial charge on any atom is -0.367 e. The highest BCUT2D eigenvalue weighted by atomic mass is 32.2. The molecule has 0 radical (unpaired) electrons. The second-order valence-electron chi connectivity index (χ2n) is 10.6. The van der Waals surface area contributed by atoms with E-state index >= 15 is 0 Å². The van der Waals surface area contributed by atoms with E-state index in [0.29, 0.717) is 36.9 Å². The van der Waals surface area contributed by atoms with E-state index in [2.05, 4.69) is 44.3 Å². The third kappa shape index (κ3) is 6.63. The van der Waals surface area contributed by atoms with Crippen molar-refractivity contribution in [1.82, 2.24) is 19.3 Å². The van der Waals surface area contributed by atoms with Crippen molar-refractivity contribution in [3.05, 3.63) is 54.1 Å². The monoisotopic (exact) mass is 582 g/mol. The summed E-state index contributed by atoms with van der Waals surface area (Å²) in [6, 6.07) is 8.10. The van der Waals surface area contributed by atoms with Gasteiger partial charge in [0.1, 0.15) is 5.69 Å². The maximum Gasteiger partial charge on any atom is 0.390 e. The number of sulfone groups is 1. The molecule has 4 heterocycles. The Morgan fingerprint density at radius 3 is 2.51 bits per heavy atom. The molecule has 214 valence electrons. The van der Waals surface area contributed by atoms with Gasteiger partial charge >= 0.3 is 6.18 Å². The molecule has 0 bridgehead atoms. The number of rotatable bonds is 7. The first kappa shape index (κ1) is 27.5. The van der Waals surface area contributed by atoms with Gasteiger partial charge in [-0.2, -0.15) is 13.2 Å². The largest absolute Gasteiger partial charge is 0.390 e. The quantitative estimate of drug-likeness (QED) is 0.415. The van der Waals surface area contributed by atoms with Crippen LogP contribution in [0.15, 0.2) is 47.9 Å². The molecule has 1 N–H and O–H groups in total. The number of imidazole rings is 1. The van der Waals surface area contributed by atoms with Gasteiger partial charge in [0.2, 0.25) is 0 Å². The van der Waals surface area contributed by atoms with Crippen LogP contribution in [0.25, 0.3) is 22.5 Å². The van der Waals surface area contributed by atoms with Gasteiger partial charge < -0.3 is 5.32 Å². The Balaban J connectivity index is 1.25. The van der Waals surface area contributed by atoms with Crippen LogP contribution in [0.3, 0.4) is 0 Å². The van der Waals surface area contributed by atoms with Gasteiger partial charge in [0.05, 0.1) is 36.4 Å². The second kappa shape index (κ2) is 10.9. The maximum absolute atomic E-state index is 12.8. The predicted molar refractivity (Wildman–Crippen MR) is 152 cm³/mol. The second-order valence-corrected chi connectivity index (χ2v) is 12.9. The lowest BCUT2D eigenvalue weighted by Gasteiger charge is -2.24. The number of hydrogen-bond acceptors (Lipinski definition) is 7. The average Bonchev–Trinajstić information content (AvgIpc) is 3.50. The fourth-order valence-electron chi connectivity index (χ4n) is 5.00. The Morgan fingerprint density at radius 1 is 1.07 bits per heavy atom. The van der Waals surface area contributed by atoms with Gasteiger partial charge in [0.15, 0.2) is 21.3 Å². The molecule has 0 amide bonds. The number of fused-ring (bicyclic) bond motifs is 1. The number of allylic oxidation sites excluding steroid dienone is 1. The number of alkyl halides is 3. The summed E-state index contributed by atoms with van der Waals surface area (Å²) in [6.07, 6.45) is 3.38. The third-order valence-corrected chi connectivity index (χ3v) is 9.12. The molecule has 1 saturated heterocycles. The van der Waals surface area contributed by atoms with E-state index in [0.717, 1.165) is 23.2 Å².